The van der Waals surface area contributed by atoms with E-state index in [1.807, 2.05) is 0 Å². The van der Waals surface area contributed by atoms with Gasteiger partial charge in [-0.1, -0.05) is 0 Å². The molecule has 0 aliphatic rings. The molecule has 0 aromatic heterocycles. The molecule has 0 heterocycles. The number of hydrazone groups is 1. The number of nitro benzene ring substituents is 1. The average Bonchev–Trinajstić information content (AvgIpc) is 2.49. The first-order valence-corrected chi connectivity index (χ1v) is 6.04. The first-order chi connectivity index (χ1) is 10.5. The molecule has 22 heavy (non-hydrogen) atoms. The minimum atomic E-state index is -0.732. The van der Waals surface area contributed by atoms with Crippen molar-refractivity contribution in [2.45, 2.75) is 0 Å². The minimum absolute atomic E-state index is 0.218. The minimum Gasteiger partial charge on any atom is -0.502 e. The lowest BCUT2D eigenvalue weighted by atomic mass is 10.2. The summed E-state index contributed by atoms with van der Waals surface area (Å²) in [5.41, 5.74) is 2.28. The van der Waals surface area contributed by atoms with E-state index in [0.717, 1.165) is 24.3 Å². The van der Waals surface area contributed by atoms with Gasteiger partial charge in [-0.05, 0) is 36.4 Å². The molecule has 0 aliphatic carbocycles. The summed E-state index contributed by atoms with van der Waals surface area (Å²) < 4.78 is 12.7. The van der Waals surface area contributed by atoms with Crippen molar-refractivity contribution in [1.82, 2.24) is 5.43 Å². The van der Waals surface area contributed by atoms with Gasteiger partial charge in [0.1, 0.15) is 5.82 Å². The van der Waals surface area contributed by atoms with Gasteiger partial charge in [-0.3, -0.25) is 14.9 Å². The van der Waals surface area contributed by atoms with E-state index in [1.165, 1.54) is 24.4 Å². The Morgan fingerprint density at radius 3 is 2.59 bits per heavy atom. The highest BCUT2D eigenvalue weighted by Gasteiger charge is 2.12. The summed E-state index contributed by atoms with van der Waals surface area (Å²) in [6.45, 7) is 0. The van der Waals surface area contributed by atoms with Crippen LogP contribution in [0.5, 0.6) is 5.75 Å². The highest BCUT2D eigenvalue weighted by atomic mass is 19.1. The fourth-order valence-corrected chi connectivity index (χ4v) is 1.60. The van der Waals surface area contributed by atoms with E-state index in [0.29, 0.717) is 5.56 Å². The number of halogens is 1. The van der Waals surface area contributed by atoms with Crippen molar-refractivity contribution in [2.75, 3.05) is 0 Å². The summed E-state index contributed by atoms with van der Waals surface area (Å²) in [7, 11) is 0. The summed E-state index contributed by atoms with van der Waals surface area (Å²) in [4.78, 5) is 21.6. The molecule has 0 radical (unpaired) electrons. The molecule has 2 rings (SSSR count). The number of carbonyl (C=O) groups excluding carboxylic acids is 1. The standard InChI is InChI=1S/C14H10FN3O4/c15-11-4-2-10(3-5-11)14(20)17-16-8-9-1-6-13(19)12(7-9)18(21)22/h1-8,19H,(H,17,20). The fourth-order valence-electron chi connectivity index (χ4n) is 1.60. The molecule has 8 heteroatoms. The molecule has 0 fully saturated rings. The summed E-state index contributed by atoms with van der Waals surface area (Å²) in [5.74, 6) is -1.47. The predicted molar refractivity (Wildman–Crippen MR) is 76.2 cm³/mol. The number of nitro groups is 1. The van der Waals surface area contributed by atoms with E-state index < -0.39 is 28.1 Å². The second-order valence-corrected chi connectivity index (χ2v) is 4.21. The molecule has 0 atom stereocenters. The highest BCUT2D eigenvalue weighted by Crippen LogP contribution is 2.25. The van der Waals surface area contributed by atoms with Gasteiger partial charge in [-0.15, -0.1) is 0 Å². The predicted octanol–water partition coefficient (Wildman–Crippen LogP) is 2.20. The molecule has 0 bridgehead atoms. The van der Waals surface area contributed by atoms with Crippen molar-refractivity contribution in [3.63, 3.8) is 0 Å². The van der Waals surface area contributed by atoms with Crippen molar-refractivity contribution in [1.29, 1.82) is 0 Å². The Morgan fingerprint density at radius 2 is 1.95 bits per heavy atom. The third-order valence-corrected chi connectivity index (χ3v) is 2.68. The zero-order valence-corrected chi connectivity index (χ0v) is 11.1. The number of amides is 1. The van der Waals surface area contributed by atoms with Crippen LogP contribution in [0.3, 0.4) is 0 Å². The van der Waals surface area contributed by atoms with Crippen LogP contribution in [-0.4, -0.2) is 22.2 Å². The Balaban J connectivity index is 2.06. The Morgan fingerprint density at radius 1 is 1.27 bits per heavy atom. The van der Waals surface area contributed by atoms with Crippen LogP contribution in [0.25, 0.3) is 0 Å². The number of hydrogen-bond donors (Lipinski definition) is 2. The largest absolute Gasteiger partial charge is 0.502 e. The van der Waals surface area contributed by atoms with Gasteiger partial charge in [-0.2, -0.15) is 5.10 Å². The first kappa shape index (κ1) is 15.1. The van der Waals surface area contributed by atoms with E-state index in [2.05, 4.69) is 10.5 Å². The van der Waals surface area contributed by atoms with Crippen molar-refractivity contribution in [3.05, 3.63) is 69.5 Å². The molecule has 0 unspecified atom stereocenters. The molecular weight excluding hydrogens is 293 g/mol. The van der Waals surface area contributed by atoms with Gasteiger partial charge in [0.25, 0.3) is 5.91 Å². The van der Waals surface area contributed by atoms with E-state index >= 15 is 0 Å². The third kappa shape index (κ3) is 3.63. The van der Waals surface area contributed by atoms with Crippen LogP contribution in [0.2, 0.25) is 0 Å². The summed E-state index contributed by atoms with van der Waals surface area (Å²) in [5, 5.41) is 23.6. The molecule has 112 valence electrons. The molecule has 0 spiro atoms. The van der Waals surface area contributed by atoms with Gasteiger partial charge in [0, 0.05) is 17.2 Å². The van der Waals surface area contributed by atoms with Crippen LogP contribution in [0.15, 0.2) is 47.6 Å². The van der Waals surface area contributed by atoms with Crippen LogP contribution in [-0.2, 0) is 0 Å². The summed E-state index contributed by atoms with van der Waals surface area (Å²) in [6.07, 6.45) is 1.19. The van der Waals surface area contributed by atoms with E-state index in [9.17, 15) is 24.4 Å². The zero-order chi connectivity index (χ0) is 16.1. The van der Waals surface area contributed by atoms with Gasteiger partial charge >= 0.3 is 5.69 Å². The molecule has 2 N–H and O–H groups in total. The van der Waals surface area contributed by atoms with Gasteiger partial charge in [0.05, 0.1) is 11.1 Å². The lowest BCUT2D eigenvalue weighted by Gasteiger charge is -2.00. The maximum atomic E-state index is 12.7. The first-order valence-electron chi connectivity index (χ1n) is 6.04. The lowest BCUT2D eigenvalue weighted by Crippen LogP contribution is -2.17. The van der Waals surface area contributed by atoms with Crippen LogP contribution in [0.4, 0.5) is 10.1 Å². The van der Waals surface area contributed by atoms with Crippen molar-refractivity contribution >= 4 is 17.8 Å². The second kappa shape index (κ2) is 6.44. The normalized spacial score (nSPS) is 10.6. The van der Waals surface area contributed by atoms with Crippen molar-refractivity contribution in [2.24, 2.45) is 5.10 Å². The number of benzene rings is 2. The quantitative estimate of drug-likeness (QED) is 0.513. The maximum Gasteiger partial charge on any atom is 0.311 e. The summed E-state index contributed by atoms with van der Waals surface area (Å²) >= 11 is 0. The average molecular weight is 303 g/mol. The number of rotatable bonds is 4. The number of nitrogens with one attached hydrogen (secondary N) is 1. The van der Waals surface area contributed by atoms with E-state index in [-0.39, 0.29) is 5.56 Å². The van der Waals surface area contributed by atoms with Gasteiger partial charge < -0.3 is 5.11 Å². The van der Waals surface area contributed by atoms with Gasteiger partial charge in [0.2, 0.25) is 0 Å². The third-order valence-electron chi connectivity index (χ3n) is 2.68. The molecule has 1 amide bonds. The fraction of sp³-hybridized carbons (Fsp3) is 0. The Labute approximate surface area is 123 Å². The van der Waals surface area contributed by atoms with Crippen LogP contribution in [0.1, 0.15) is 15.9 Å². The molecule has 0 aliphatic heterocycles. The maximum absolute atomic E-state index is 12.7. The monoisotopic (exact) mass is 303 g/mol. The van der Waals surface area contributed by atoms with Crippen LogP contribution < -0.4 is 5.43 Å². The second-order valence-electron chi connectivity index (χ2n) is 4.21. The Hall–Kier alpha value is -3.29. The van der Waals surface area contributed by atoms with E-state index in [4.69, 9.17) is 0 Å². The SMILES string of the molecule is O=C(NN=Cc1ccc(O)c([N+](=O)[O-])c1)c1ccc(F)cc1. The number of carbonyl (C=O) groups is 1. The lowest BCUT2D eigenvalue weighted by molar-refractivity contribution is -0.385. The molecular formula is C14H10FN3O4. The molecule has 0 saturated carbocycles. The Kier molecular flexibility index (Phi) is 4.42. The molecule has 2 aromatic carbocycles. The van der Waals surface area contributed by atoms with Crippen molar-refractivity contribution < 1.29 is 19.2 Å². The smallest absolute Gasteiger partial charge is 0.311 e. The number of hydrogen-bond acceptors (Lipinski definition) is 5. The molecule has 0 saturated heterocycles. The topological polar surface area (TPSA) is 105 Å². The van der Waals surface area contributed by atoms with Gasteiger partial charge in [0.15, 0.2) is 5.75 Å². The number of aromatic hydroxyl groups is 1. The van der Waals surface area contributed by atoms with E-state index in [1.54, 1.807) is 0 Å². The number of phenols is 1. The Bertz CT molecular complexity index is 744. The highest BCUT2D eigenvalue weighted by molar-refractivity contribution is 5.94. The summed E-state index contributed by atoms with van der Waals surface area (Å²) in [6, 6.07) is 8.54. The van der Waals surface area contributed by atoms with Crippen molar-refractivity contribution in [3.8, 4) is 5.75 Å². The van der Waals surface area contributed by atoms with Crippen LogP contribution in [0, 0.1) is 15.9 Å². The zero-order valence-electron chi connectivity index (χ0n) is 11.1. The van der Waals surface area contributed by atoms with Crippen LogP contribution >= 0.6 is 0 Å². The molecule has 7 nitrogen and oxygen atoms in total. The number of phenolic OH excluding ortho intramolecular Hbond substituents is 1. The molecule has 2 aromatic rings. The number of nitrogens with zero attached hydrogens (tertiary/aromatic N) is 2. The van der Waals surface area contributed by atoms with Gasteiger partial charge in [-0.25, -0.2) is 9.82 Å².